The summed E-state index contributed by atoms with van der Waals surface area (Å²) in [6, 6.07) is 6.08. The van der Waals surface area contributed by atoms with E-state index in [1.165, 1.54) is 5.56 Å². The van der Waals surface area contributed by atoms with Gasteiger partial charge in [0.1, 0.15) is 5.75 Å². The summed E-state index contributed by atoms with van der Waals surface area (Å²) in [6.45, 7) is 13.2. The molecule has 1 aliphatic rings. The lowest BCUT2D eigenvalue weighted by molar-refractivity contribution is -0.123. The third kappa shape index (κ3) is 5.79. The summed E-state index contributed by atoms with van der Waals surface area (Å²) in [5.41, 5.74) is 9.57. The van der Waals surface area contributed by atoms with E-state index in [4.69, 9.17) is 4.74 Å². The Bertz CT molecular complexity index is 657. The predicted molar refractivity (Wildman–Crippen MR) is 107 cm³/mol. The van der Waals surface area contributed by atoms with Crippen molar-refractivity contribution in [2.24, 2.45) is 11.3 Å². The zero-order chi connectivity index (χ0) is 19.3. The van der Waals surface area contributed by atoms with E-state index in [0.29, 0.717) is 17.3 Å². The molecule has 1 aromatic carbocycles. The second-order valence-electron chi connectivity index (χ2n) is 8.72. The van der Waals surface area contributed by atoms with Gasteiger partial charge in [-0.2, -0.15) is 0 Å². The van der Waals surface area contributed by atoms with Crippen molar-refractivity contribution in [3.63, 3.8) is 0 Å². The van der Waals surface area contributed by atoms with Crippen LogP contribution in [0.2, 0.25) is 0 Å². The highest BCUT2D eigenvalue weighted by Crippen LogP contribution is 2.36. The van der Waals surface area contributed by atoms with Gasteiger partial charge in [-0.05, 0) is 55.1 Å². The summed E-state index contributed by atoms with van der Waals surface area (Å²) in [6.07, 6.45) is 5.38. The van der Waals surface area contributed by atoms with Crippen LogP contribution in [0.3, 0.4) is 0 Å². The molecular formula is C22H34N2O2. The van der Waals surface area contributed by atoms with Crippen molar-refractivity contribution in [3.05, 3.63) is 41.1 Å². The lowest BCUT2D eigenvalue weighted by atomic mass is 9.74. The Morgan fingerprint density at radius 2 is 2.04 bits per heavy atom. The number of hydrazine groups is 1. The van der Waals surface area contributed by atoms with Crippen LogP contribution in [0.15, 0.2) is 30.0 Å². The van der Waals surface area contributed by atoms with Crippen LogP contribution in [-0.4, -0.2) is 12.5 Å². The van der Waals surface area contributed by atoms with Crippen LogP contribution >= 0.6 is 0 Å². The highest BCUT2D eigenvalue weighted by atomic mass is 16.5. The fraction of sp³-hybridized carbons (Fsp3) is 0.591. The van der Waals surface area contributed by atoms with Gasteiger partial charge in [-0.15, -0.1) is 0 Å². The number of nitrogens with one attached hydrogen (secondary N) is 2. The first-order valence-electron chi connectivity index (χ1n) is 9.64. The number of carbonyl (C=O) groups excluding carboxylic acids is 1. The molecule has 0 heterocycles. The predicted octanol–water partition coefficient (Wildman–Crippen LogP) is 4.85. The summed E-state index contributed by atoms with van der Waals surface area (Å²) in [5, 5.41) is 0. The van der Waals surface area contributed by atoms with E-state index in [1.807, 2.05) is 12.1 Å². The molecule has 1 aliphatic carbocycles. The molecule has 0 saturated carbocycles. The van der Waals surface area contributed by atoms with Crippen molar-refractivity contribution < 1.29 is 9.53 Å². The molecule has 26 heavy (non-hydrogen) atoms. The van der Waals surface area contributed by atoms with Crippen LogP contribution in [0.5, 0.6) is 5.75 Å². The molecule has 144 valence electrons. The van der Waals surface area contributed by atoms with Crippen LogP contribution in [-0.2, 0) is 4.79 Å². The molecule has 0 spiro atoms. The van der Waals surface area contributed by atoms with Gasteiger partial charge < -0.3 is 10.2 Å². The monoisotopic (exact) mass is 358 g/mol. The molecule has 4 nitrogen and oxygen atoms in total. The van der Waals surface area contributed by atoms with Crippen LogP contribution in [0.4, 0.5) is 0 Å². The summed E-state index contributed by atoms with van der Waals surface area (Å²) in [7, 11) is 0. The molecule has 0 radical (unpaired) electrons. The Labute approximate surface area is 158 Å². The topological polar surface area (TPSA) is 50.4 Å². The number of carbonyl (C=O) groups is 1. The Morgan fingerprint density at radius 3 is 2.62 bits per heavy atom. The minimum Gasteiger partial charge on any atom is -0.483 e. The Hall–Kier alpha value is -1.97. The summed E-state index contributed by atoms with van der Waals surface area (Å²) < 4.78 is 5.75. The first kappa shape index (κ1) is 20.3. The maximum Gasteiger partial charge on any atom is 0.276 e. The van der Waals surface area contributed by atoms with Crippen molar-refractivity contribution in [1.29, 1.82) is 0 Å². The van der Waals surface area contributed by atoms with Gasteiger partial charge in [0.25, 0.3) is 5.91 Å². The molecular weight excluding hydrogens is 324 g/mol. The van der Waals surface area contributed by atoms with Gasteiger partial charge in [-0.3, -0.25) is 10.2 Å². The smallest absolute Gasteiger partial charge is 0.276 e. The first-order chi connectivity index (χ1) is 12.2. The van der Waals surface area contributed by atoms with Gasteiger partial charge in [0.05, 0.1) is 0 Å². The average molecular weight is 359 g/mol. The largest absolute Gasteiger partial charge is 0.483 e. The van der Waals surface area contributed by atoms with E-state index < -0.39 is 0 Å². The molecule has 0 unspecified atom stereocenters. The molecule has 0 aliphatic heterocycles. The Morgan fingerprint density at radius 1 is 1.31 bits per heavy atom. The minimum absolute atomic E-state index is 0.00762. The molecule has 0 fully saturated rings. The summed E-state index contributed by atoms with van der Waals surface area (Å²) >= 11 is 0. The van der Waals surface area contributed by atoms with Crippen molar-refractivity contribution in [3.8, 4) is 5.75 Å². The first-order valence-corrected chi connectivity index (χ1v) is 9.64. The number of hydrogen-bond acceptors (Lipinski definition) is 3. The number of rotatable bonds is 6. The van der Waals surface area contributed by atoms with Gasteiger partial charge in [0.2, 0.25) is 0 Å². The van der Waals surface area contributed by atoms with E-state index in [-0.39, 0.29) is 12.5 Å². The van der Waals surface area contributed by atoms with Gasteiger partial charge in [0.15, 0.2) is 6.61 Å². The van der Waals surface area contributed by atoms with Gasteiger partial charge in [-0.25, -0.2) is 0 Å². The van der Waals surface area contributed by atoms with Crippen LogP contribution < -0.4 is 15.6 Å². The van der Waals surface area contributed by atoms with Crippen molar-refractivity contribution >= 4 is 5.91 Å². The molecule has 2 rings (SSSR count). The Kier molecular flexibility index (Phi) is 6.74. The normalized spacial score (nSPS) is 17.7. The quantitative estimate of drug-likeness (QED) is 0.715. The molecule has 0 aromatic heterocycles. The number of ether oxygens (including phenoxy) is 1. The van der Waals surface area contributed by atoms with Crippen LogP contribution in [0.1, 0.15) is 70.9 Å². The van der Waals surface area contributed by atoms with E-state index in [9.17, 15) is 4.79 Å². The fourth-order valence-corrected chi connectivity index (χ4v) is 3.31. The SMILES string of the molecule is Cc1ccc(OCC(=O)NNC2=CC[C@H](C(C)(C)C)CC2)c(C(C)C)c1. The molecule has 1 aromatic rings. The zero-order valence-corrected chi connectivity index (χ0v) is 17.1. The molecule has 0 saturated heterocycles. The molecule has 1 atom stereocenters. The summed E-state index contributed by atoms with van der Waals surface area (Å²) in [5.74, 6) is 1.67. The molecule has 1 amide bonds. The number of amides is 1. The maximum atomic E-state index is 12.1. The third-order valence-electron chi connectivity index (χ3n) is 5.14. The zero-order valence-electron chi connectivity index (χ0n) is 17.1. The van der Waals surface area contributed by atoms with Gasteiger partial charge in [-0.1, -0.05) is 58.4 Å². The van der Waals surface area contributed by atoms with Crippen LogP contribution in [0.25, 0.3) is 0 Å². The Balaban J connectivity index is 1.81. The molecule has 0 bridgehead atoms. The van der Waals surface area contributed by atoms with Crippen LogP contribution in [0, 0.1) is 18.3 Å². The van der Waals surface area contributed by atoms with Crippen molar-refractivity contribution in [2.45, 2.75) is 66.7 Å². The minimum atomic E-state index is -0.167. The fourth-order valence-electron chi connectivity index (χ4n) is 3.31. The van der Waals surface area contributed by atoms with E-state index in [0.717, 1.165) is 36.3 Å². The molecule has 4 heteroatoms. The number of hydrogen-bond donors (Lipinski definition) is 2. The van der Waals surface area contributed by atoms with Crippen molar-refractivity contribution in [2.75, 3.05) is 6.61 Å². The number of benzene rings is 1. The lowest BCUT2D eigenvalue weighted by Crippen LogP contribution is -2.40. The second-order valence-corrected chi connectivity index (χ2v) is 8.72. The van der Waals surface area contributed by atoms with Crippen molar-refractivity contribution in [1.82, 2.24) is 10.9 Å². The highest BCUT2D eigenvalue weighted by Gasteiger charge is 2.26. The van der Waals surface area contributed by atoms with E-state index in [2.05, 4.69) is 64.5 Å². The molecule has 2 N–H and O–H groups in total. The maximum absolute atomic E-state index is 12.1. The number of aryl methyl sites for hydroxylation is 1. The van der Waals surface area contributed by atoms with E-state index in [1.54, 1.807) is 0 Å². The average Bonchev–Trinajstić information content (AvgIpc) is 2.58. The highest BCUT2D eigenvalue weighted by molar-refractivity contribution is 5.77. The lowest BCUT2D eigenvalue weighted by Gasteiger charge is -2.33. The number of allylic oxidation sites excluding steroid dienone is 2. The van der Waals surface area contributed by atoms with Gasteiger partial charge in [0, 0.05) is 5.70 Å². The standard InChI is InChI=1S/C22H34N2O2/c1-15(2)19-13-16(3)7-12-20(19)26-14-21(25)24-23-18-10-8-17(9-11-18)22(4,5)6/h7,10,12-13,15,17,23H,8-9,11,14H2,1-6H3,(H,24,25)/t17-/m0/s1. The van der Waals surface area contributed by atoms with Gasteiger partial charge >= 0.3 is 0 Å². The third-order valence-corrected chi connectivity index (χ3v) is 5.14. The summed E-state index contributed by atoms with van der Waals surface area (Å²) in [4.78, 5) is 12.1. The van der Waals surface area contributed by atoms with E-state index >= 15 is 0 Å². The second kappa shape index (κ2) is 8.61.